The Morgan fingerprint density at radius 1 is 1.64 bits per heavy atom. The largest absolute Gasteiger partial charge is 0.457 e. The summed E-state index contributed by atoms with van der Waals surface area (Å²) in [6, 6.07) is 7.28. The molecule has 0 N–H and O–H groups in total. The summed E-state index contributed by atoms with van der Waals surface area (Å²) in [5, 5.41) is 1.20. The first-order valence-electron chi connectivity index (χ1n) is 4.12. The van der Waals surface area contributed by atoms with E-state index in [-0.39, 0.29) is 12.1 Å². The van der Waals surface area contributed by atoms with Gasteiger partial charge in [-0.15, -0.1) is 0 Å². The van der Waals surface area contributed by atoms with Gasteiger partial charge in [-0.2, -0.15) is 0 Å². The molecule has 0 radical (unpaired) electrons. The van der Waals surface area contributed by atoms with Gasteiger partial charge in [-0.05, 0) is 17.7 Å². The zero-order chi connectivity index (χ0) is 10.6. The Kier molecular flexibility index (Phi) is 4.42. The Morgan fingerprint density at radius 3 is 2.86 bits per heavy atom. The zero-order valence-corrected chi connectivity index (χ0v) is 10.0. The van der Waals surface area contributed by atoms with E-state index in [2.05, 4.69) is 15.9 Å². The van der Waals surface area contributed by atoms with Crippen molar-refractivity contribution in [3.8, 4) is 0 Å². The normalized spacial score (nSPS) is 12.2. The number of hydrogen-bond acceptors (Lipinski definition) is 2. The van der Waals surface area contributed by atoms with Gasteiger partial charge in [0.05, 0.1) is 0 Å². The predicted octanol–water partition coefficient (Wildman–Crippen LogP) is 3.34. The molecule has 76 valence electrons. The second-order valence-corrected chi connectivity index (χ2v) is 3.89. The first kappa shape index (κ1) is 11.5. The molecule has 1 aromatic rings. The van der Waals surface area contributed by atoms with Crippen LogP contribution in [-0.4, -0.2) is 11.3 Å². The molecule has 0 aliphatic rings. The number of halogens is 2. The number of carbonyl (C=O) groups excluding carboxylic acids is 1. The van der Waals surface area contributed by atoms with Crippen molar-refractivity contribution in [3.63, 3.8) is 0 Å². The van der Waals surface area contributed by atoms with Gasteiger partial charge in [-0.1, -0.05) is 39.7 Å². The first-order valence-corrected chi connectivity index (χ1v) is 5.62. The van der Waals surface area contributed by atoms with Gasteiger partial charge in [0.15, 0.2) is 0 Å². The standard InChI is InChI=1S/C10H10BrClO2/c1-7(13)14-10(6-11)8-3-2-4-9(12)5-8/h2-5,10H,6H2,1H3. The molecule has 0 aliphatic heterocycles. The molecule has 0 saturated carbocycles. The number of ether oxygens (including phenoxy) is 1. The SMILES string of the molecule is CC(=O)OC(CBr)c1cccc(Cl)c1. The highest BCUT2D eigenvalue weighted by Crippen LogP contribution is 2.22. The van der Waals surface area contributed by atoms with Crippen LogP contribution in [0.1, 0.15) is 18.6 Å². The van der Waals surface area contributed by atoms with Crippen molar-refractivity contribution < 1.29 is 9.53 Å². The van der Waals surface area contributed by atoms with Crippen molar-refractivity contribution in [1.82, 2.24) is 0 Å². The quantitative estimate of drug-likeness (QED) is 0.626. The predicted molar refractivity (Wildman–Crippen MR) is 59.8 cm³/mol. The zero-order valence-electron chi connectivity index (χ0n) is 7.67. The first-order chi connectivity index (χ1) is 6.63. The Morgan fingerprint density at radius 2 is 2.36 bits per heavy atom. The van der Waals surface area contributed by atoms with E-state index in [0.717, 1.165) is 5.56 Å². The fourth-order valence-corrected chi connectivity index (χ4v) is 1.80. The van der Waals surface area contributed by atoms with Crippen molar-refractivity contribution >= 4 is 33.5 Å². The molecule has 0 spiro atoms. The van der Waals surface area contributed by atoms with Crippen LogP contribution in [-0.2, 0) is 9.53 Å². The number of rotatable bonds is 3. The van der Waals surface area contributed by atoms with Gasteiger partial charge in [0.1, 0.15) is 6.10 Å². The molecule has 0 amide bonds. The van der Waals surface area contributed by atoms with Crippen molar-refractivity contribution in [2.45, 2.75) is 13.0 Å². The highest BCUT2D eigenvalue weighted by atomic mass is 79.9. The minimum atomic E-state index is -0.297. The maximum atomic E-state index is 10.8. The van der Waals surface area contributed by atoms with Crippen LogP contribution in [0.4, 0.5) is 0 Å². The van der Waals surface area contributed by atoms with Gasteiger partial charge < -0.3 is 4.74 Å². The Bertz CT molecular complexity index is 328. The van der Waals surface area contributed by atoms with E-state index in [4.69, 9.17) is 16.3 Å². The van der Waals surface area contributed by atoms with Crippen LogP contribution in [0.15, 0.2) is 24.3 Å². The molecule has 0 bridgehead atoms. The lowest BCUT2D eigenvalue weighted by Gasteiger charge is -2.14. The van der Waals surface area contributed by atoms with E-state index in [9.17, 15) is 4.79 Å². The maximum absolute atomic E-state index is 10.8. The number of hydrogen-bond donors (Lipinski definition) is 0. The van der Waals surface area contributed by atoms with Gasteiger partial charge in [0, 0.05) is 17.3 Å². The number of esters is 1. The number of alkyl halides is 1. The molecular formula is C10H10BrClO2. The second kappa shape index (κ2) is 5.37. The van der Waals surface area contributed by atoms with Gasteiger partial charge in [0.2, 0.25) is 0 Å². The molecule has 1 rings (SSSR count). The van der Waals surface area contributed by atoms with Gasteiger partial charge in [0.25, 0.3) is 0 Å². The summed E-state index contributed by atoms with van der Waals surface area (Å²) >= 11 is 9.11. The van der Waals surface area contributed by atoms with Crippen molar-refractivity contribution in [2.75, 3.05) is 5.33 Å². The van der Waals surface area contributed by atoms with Crippen LogP contribution in [0.3, 0.4) is 0 Å². The van der Waals surface area contributed by atoms with Crippen molar-refractivity contribution in [3.05, 3.63) is 34.9 Å². The smallest absolute Gasteiger partial charge is 0.303 e. The van der Waals surface area contributed by atoms with Crippen LogP contribution in [0.5, 0.6) is 0 Å². The topological polar surface area (TPSA) is 26.3 Å². The molecule has 0 fully saturated rings. The van der Waals surface area contributed by atoms with E-state index in [0.29, 0.717) is 10.4 Å². The van der Waals surface area contributed by atoms with Crippen LogP contribution in [0.2, 0.25) is 5.02 Å². The Balaban J connectivity index is 2.83. The molecule has 14 heavy (non-hydrogen) atoms. The third-order valence-corrected chi connectivity index (χ3v) is 2.49. The molecule has 1 unspecified atom stereocenters. The van der Waals surface area contributed by atoms with E-state index >= 15 is 0 Å². The third kappa shape index (κ3) is 3.31. The van der Waals surface area contributed by atoms with E-state index in [1.165, 1.54) is 6.92 Å². The summed E-state index contributed by atoms with van der Waals surface area (Å²) in [5.41, 5.74) is 0.893. The summed E-state index contributed by atoms with van der Waals surface area (Å²) in [4.78, 5) is 10.8. The summed E-state index contributed by atoms with van der Waals surface area (Å²) in [6.45, 7) is 1.39. The fourth-order valence-electron chi connectivity index (χ4n) is 1.10. The van der Waals surface area contributed by atoms with Gasteiger partial charge in [-0.3, -0.25) is 4.79 Å². The molecule has 0 saturated heterocycles. The monoisotopic (exact) mass is 276 g/mol. The van der Waals surface area contributed by atoms with Crippen LogP contribution in [0, 0.1) is 0 Å². The van der Waals surface area contributed by atoms with E-state index < -0.39 is 0 Å². The molecule has 0 aliphatic carbocycles. The lowest BCUT2D eigenvalue weighted by molar-refractivity contribution is -0.145. The lowest BCUT2D eigenvalue weighted by Crippen LogP contribution is -2.09. The third-order valence-electron chi connectivity index (χ3n) is 1.67. The highest BCUT2D eigenvalue weighted by Gasteiger charge is 2.12. The summed E-state index contributed by atoms with van der Waals surface area (Å²) in [6.07, 6.45) is -0.272. The molecule has 0 heterocycles. The minimum absolute atomic E-state index is 0.272. The van der Waals surface area contributed by atoms with Crippen LogP contribution in [0.25, 0.3) is 0 Å². The number of carbonyl (C=O) groups is 1. The lowest BCUT2D eigenvalue weighted by atomic mass is 10.1. The molecular weight excluding hydrogens is 267 g/mol. The highest BCUT2D eigenvalue weighted by molar-refractivity contribution is 9.09. The average Bonchev–Trinajstić information content (AvgIpc) is 2.14. The van der Waals surface area contributed by atoms with Gasteiger partial charge >= 0.3 is 5.97 Å². The van der Waals surface area contributed by atoms with Crippen LogP contribution < -0.4 is 0 Å². The summed E-state index contributed by atoms with van der Waals surface area (Å²) in [7, 11) is 0. The van der Waals surface area contributed by atoms with E-state index in [1.807, 2.05) is 12.1 Å². The van der Waals surface area contributed by atoms with E-state index in [1.54, 1.807) is 12.1 Å². The minimum Gasteiger partial charge on any atom is -0.457 e. The molecule has 1 atom stereocenters. The van der Waals surface area contributed by atoms with Crippen molar-refractivity contribution in [1.29, 1.82) is 0 Å². The Hall–Kier alpha value is -0.540. The Labute approximate surface area is 96.3 Å². The molecule has 4 heteroatoms. The maximum Gasteiger partial charge on any atom is 0.303 e. The fraction of sp³-hybridized carbons (Fsp3) is 0.300. The number of benzene rings is 1. The summed E-state index contributed by atoms with van der Waals surface area (Å²) < 4.78 is 5.10. The average molecular weight is 278 g/mol. The van der Waals surface area contributed by atoms with Crippen molar-refractivity contribution in [2.24, 2.45) is 0 Å². The summed E-state index contributed by atoms with van der Waals surface area (Å²) in [5.74, 6) is -0.297. The molecule has 2 nitrogen and oxygen atoms in total. The van der Waals surface area contributed by atoms with Gasteiger partial charge in [-0.25, -0.2) is 0 Å². The van der Waals surface area contributed by atoms with Crippen LogP contribution >= 0.6 is 27.5 Å². The molecule has 1 aromatic carbocycles. The second-order valence-electron chi connectivity index (χ2n) is 2.81. The molecule has 0 aromatic heterocycles.